The van der Waals surface area contributed by atoms with Gasteiger partial charge in [0.2, 0.25) is 0 Å². The SMILES string of the molecule is CC/C=C/C/C=C/C/C=C/C/C=C/C/C=C/CCCCCC(=O)OC[C@H](COP(=O)(O)OCC[N+](C)(C)C)OC(=O)CCCCCCCCCCCCC/C=C/CCCCCCCC. The standard InChI is InChI=1S/C54H96NO8P/c1-6-8-10-12-14-16-18-20-22-24-26-27-29-31-33-35-37-39-41-43-45-47-54(57)63-52(51-62-64(58,59)61-49-48-55(3,4)5)50-60-53(56)46-44-42-40-38-36-34-32-30-28-25-23-21-19-17-15-13-11-9-7-2/h9,11,15,17,20-23,28,30,34,36,52H,6-8,10,12-14,16,18-19,24-27,29,31-33,35,37-51H2,1-5H3/p+1/b11-9+,17-15+,22-20+,23-21+,30-28+,36-34+/t52-/m1/s1. The van der Waals surface area contributed by atoms with E-state index in [4.69, 9.17) is 18.5 Å². The van der Waals surface area contributed by atoms with Gasteiger partial charge in [0.15, 0.2) is 6.10 Å². The van der Waals surface area contributed by atoms with E-state index in [2.05, 4.69) is 86.8 Å². The Labute approximate surface area is 393 Å². The van der Waals surface area contributed by atoms with E-state index in [0.717, 1.165) is 70.6 Å². The second-order valence-corrected chi connectivity index (χ2v) is 19.6. The first-order chi connectivity index (χ1) is 31.0. The Balaban J connectivity index is 4.31. The van der Waals surface area contributed by atoms with Crippen molar-refractivity contribution in [2.45, 2.75) is 213 Å². The van der Waals surface area contributed by atoms with Gasteiger partial charge in [0, 0.05) is 12.8 Å². The largest absolute Gasteiger partial charge is 0.472 e. The Morgan fingerprint density at radius 1 is 0.500 bits per heavy atom. The molecule has 64 heavy (non-hydrogen) atoms. The number of carbonyl (C=O) groups is 2. The fraction of sp³-hybridized carbons (Fsp3) is 0.741. The molecule has 0 aromatic heterocycles. The van der Waals surface area contributed by atoms with Crippen molar-refractivity contribution in [2.24, 2.45) is 0 Å². The van der Waals surface area contributed by atoms with Gasteiger partial charge in [-0.05, 0) is 83.5 Å². The van der Waals surface area contributed by atoms with Crippen LogP contribution in [0.3, 0.4) is 0 Å². The second kappa shape index (κ2) is 45.6. The molecule has 0 aliphatic carbocycles. The molecule has 0 aromatic carbocycles. The topological polar surface area (TPSA) is 108 Å². The number of quaternary nitrogens is 1. The Morgan fingerprint density at radius 3 is 1.36 bits per heavy atom. The maximum absolute atomic E-state index is 12.8. The van der Waals surface area contributed by atoms with E-state index >= 15 is 0 Å². The van der Waals surface area contributed by atoms with Crippen LogP contribution in [0.5, 0.6) is 0 Å². The number of esters is 2. The number of phosphoric ester groups is 1. The van der Waals surface area contributed by atoms with E-state index in [1.807, 2.05) is 21.1 Å². The predicted octanol–water partition coefficient (Wildman–Crippen LogP) is 15.4. The van der Waals surface area contributed by atoms with E-state index in [-0.39, 0.29) is 26.1 Å². The summed E-state index contributed by atoms with van der Waals surface area (Å²) in [5.41, 5.74) is 0. The van der Waals surface area contributed by atoms with Crippen molar-refractivity contribution in [3.8, 4) is 0 Å². The highest BCUT2D eigenvalue weighted by Crippen LogP contribution is 2.43. The summed E-state index contributed by atoms with van der Waals surface area (Å²) in [6, 6.07) is 0. The van der Waals surface area contributed by atoms with Gasteiger partial charge in [0.05, 0.1) is 27.7 Å². The monoisotopic (exact) mass is 919 g/mol. The highest BCUT2D eigenvalue weighted by Gasteiger charge is 2.27. The van der Waals surface area contributed by atoms with Crippen molar-refractivity contribution in [1.82, 2.24) is 0 Å². The van der Waals surface area contributed by atoms with Crippen molar-refractivity contribution in [3.05, 3.63) is 72.9 Å². The zero-order chi connectivity index (χ0) is 47.1. The molecule has 0 aromatic rings. The van der Waals surface area contributed by atoms with Crippen LogP contribution in [-0.2, 0) is 32.7 Å². The van der Waals surface area contributed by atoms with E-state index in [0.29, 0.717) is 23.9 Å². The molecule has 10 heteroatoms. The molecule has 9 nitrogen and oxygen atoms in total. The Kier molecular flexibility index (Phi) is 43.8. The molecule has 0 heterocycles. The van der Waals surface area contributed by atoms with Gasteiger partial charge in [-0.25, -0.2) is 4.57 Å². The number of rotatable bonds is 46. The summed E-state index contributed by atoms with van der Waals surface area (Å²) in [6.45, 7) is 4.28. The molecule has 0 aliphatic heterocycles. The molecule has 0 bridgehead atoms. The molecule has 0 spiro atoms. The molecule has 0 amide bonds. The lowest BCUT2D eigenvalue weighted by Crippen LogP contribution is -2.37. The first-order valence-corrected chi connectivity index (χ1v) is 27.2. The van der Waals surface area contributed by atoms with Gasteiger partial charge in [-0.1, -0.05) is 183 Å². The summed E-state index contributed by atoms with van der Waals surface area (Å²) in [5.74, 6) is -0.837. The van der Waals surface area contributed by atoms with Crippen LogP contribution in [0.25, 0.3) is 0 Å². The molecule has 1 unspecified atom stereocenters. The molecule has 0 rings (SSSR count). The highest BCUT2D eigenvalue weighted by atomic mass is 31.2. The van der Waals surface area contributed by atoms with Crippen LogP contribution in [0.15, 0.2) is 72.9 Å². The number of hydrogen-bond donors (Lipinski definition) is 1. The van der Waals surface area contributed by atoms with Crippen molar-refractivity contribution in [2.75, 3.05) is 47.5 Å². The van der Waals surface area contributed by atoms with Crippen LogP contribution in [0.2, 0.25) is 0 Å². The normalized spacial score (nSPS) is 14.0. The molecular formula is C54H97NO8P+. The van der Waals surface area contributed by atoms with Crippen LogP contribution in [0.4, 0.5) is 0 Å². The zero-order valence-corrected chi connectivity index (χ0v) is 42.6. The predicted molar refractivity (Wildman–Crippen MR) is 270 cm³/mol. The molecule has 370 valence electrons. The molecule has 0 fully saturated rings. The summed E-state index contributed by atoms with van der Waals surface area (Å²) >= 11 is 0. The number of hydrogen-bond acceptors (Lipinski definition) is 7. The quantitative estimate of drug-likeness (QED) is 0.0211. The summed E-state index contributed by atoms with van der Waals surface area (Å²) < 4.78 is 34.4. The van der Waals surface area contributed by atoms with Gasteiger partial charge in [-0.2, -0.15) is 0 Å². The fourth-order valence-electron chi connectivity index (χ4n) is 6.74. The maximum atomic E-state index is 12.8. The molecule has 0 saturated heterocycles. The van der Waals surface area contributed by atoms with Gasteiger partial charge in [-0.3, -0.25) is 18.6 Å². The van der Waals surface area contributed by atoms with E-state index in [1.54, 1.807) is 0 Å². The van der Waals surface area contributed by atoms with Crippen LogP contribution >= 0.6 is 7.82 Å². The summed E-state index contributed by atoms with van der Waals surface area (Å²) in [5, 5.41) is 0. The van der Waals surface area contributed by atoms with Crippen LogP contribution in [-0.4, -0.2) is 74.9 Å². The Hall–Kier alpha value is -2.55. The van der Waals surface area contributed by atoms with Gasteiger partial charge in [-0.15, -0.1) is 0 Å². The first-order valence-electron chi connectivity index (χ1n) is 25.7. The first kappa shape index (κ1) is 61.5. The van der Waals surface area contributed by atoms with Gasteiger partial charge in [0.25, 0.3) is 0 Å². The van der Waals surface area contributed by atoms with Crippen molar-refractivity contribution < 1.29 is 42.1 Å². The lowest BCUT2D eigenvalue weighted by atomic mass is 10.0. The lowest BCUT2D eigenvalue weighted by Gasteiger charge is -2.24. The van der Waals surface area contributed by atoms with Crippen LogP contribution < -0.4 is 0 Å². The lowest BCUT2D eigenvalue weighted by molar-refractivity contribution is -0.870. The van der Waals surface area contributed by atoms with Crippen LogP contribution in [0.1, 0.15) is 206 Å². The third kappa shape index (κ3) is 48.9. The van der Waals surface area contributed by atoms with E-state index in [9.17, 15) is 19.0 Å². The number of unbranched alkanes of at least 4 members (excludes halogenated alkanes) is 20. The number of allylic oxidation sites excluding steroid dienone is 12. The third-order valence-corrected chi connectivity index (χ3v) is 11.7. The second-order valence-electron chi connectivity index (χ2n) is 18.2. The number of likely N-dealkylation sites (N-methyl/N-ethyl adjacent to an activating group) is 1. The molecule has 1 N–H and O–H groups in total. The van der Waals surface area contributed by atoms with E-state index in [1.165, 1.54) is 96.3 Å². The summed E-state index contributed by atoms with van der Waals surface area (Å²) in [4.78, 5) is 35.5. The maximum Gasteiger partial charge on any atom is 0.472 e. The average molecular weight is 919 g/mol. The average Bonchev–Trinajstić information content (AvgIpc) is 3.25. The minimum atomic E-state index is -4.39. The molecule has 0 saturated carbocycles. The number of ether oxygens (including phenoxy) is 2. The van der Waals surface area contributed by atoms with Crippen molar-refractivity contribution >= 4 is 19.8 Å². The Morgan fingerprint density at radius 2 is 0.891 bits per heavy atom. The third-order valence-electron chi connectivity index (χ3n) is 10.7. The summed E-state index contributed by atoms with van der Waals surface area (Å²) in [6.07, 6.45) is 58.1. The van der Waals surface area contributed by atoms with Crippen LogP contribution in [0, 0.1) is 0 Å². The van der Waals surface area contributed by atoms with Crippen molar-refractivity contribution in [3.63, 3.8) is 0 Å². The number of nitrogens with zero attached hydrogens (tertiary/aromatic N) is 1. The fourth-order valence-corrected chi connectivity index (χ4v) is 7.48. The smallest absolute Gasteiger partial charge is 0.462 e. The molecule has 0 aliphatic rings. The highest BCUT2D eigenvalue weighted by molar-refractivity contribution is 7.47. The van der Waals surface area contributed by atoms with Gasteiger partial charge < -0.3 is 18.9 Å². The minimum Gasteiger partial charge on any atom is -0.462 e. The number of carbonyl (C=O) groups excluding carboxylic acids is 2. The molecular weight excluding hydrogens is 822 g/mol. The number of phosphoric acid groups is 1. The van der Waals surface area contributed by atoms with Gasteiger partial charge >= 0.3 is 19.8 Å². The summed E-state index contributed by atoms with van der Waals surface area (Å²) in [7, 11) is 1.45. The zero-order valence-electron chi connectivity index (χ0n) is 41.7. The minimum absolute atomic E-state index is 0.0231. The van der Waals surface area contributed by atoms with E-state index < -0.39 is 32.5 Å². The van der Waals surface area contributed by atoms with Crippen molar-refractivity contribution in [1.29, 1.82) is 0 Å². The Bertz CT molecular complexity index is 1310. The van der Waals surface area contributed by atoms with Gasteiger partial charge in [0.1, 0.15) is 19.8 Å². The molecule has 2 atom stereocenters. The molecule has 0 radical (unpaired) electrons.